The maximum Gasteiger partial charge on any atom is 0.115 e. The molecule has 1 fully saturated rings. The van der Waals surface area contributed by atoms with Gasteiger partial charge >= 0.3 is 0 Å². The first-order chi connectivity index (χ1) is 10.7. The molecule has 1 aliphatic rings. The maximum absolute atomic E-state index is 9.65. The first-order valence-corrected chi connectivity index (χ1v) is 8.89. The standard InChI is InChI=1S/C20H29NO/c1-2-3-4-5-6-13-20(16-21)14-11-18(12-15-20)17-7-9-19(22)10-8-17/h7-10,18,22H,2-6,11-15H2,1H3. The van der Waals surface area contributed by atoms with E-state index in [2.05, 4.69) is 13.0 Å². The summed E-state index contributed by atoms with van der Waals surface area (Å²) in [5, 5.41) is 19.0. The van der Waals surface area contributed by atoms with Crippen molar-refractivity contribution in [3.63, 3.8) is 0 Å². The van der Waals surface area contributed by atoms with E-state index < -0.39 is 0 Å². The van der Waals surface area contributed by atoms with E-state index in [1.165, 1.54) is 37.7 Å². The zero-order valence-corrected chi connectivity index (χ0v) is 13.9. The van der Waals surface area contributed by atoms with Gasteiger partial charge in [0.25, 0.3) is 0 Å². The van der Waals surface area contributed by atoms with Crippen LogP contribution in [0.15, 0.2) is 24.3 Å². The summed E-state index contributed by atoms with van der Waals surface area (Å²) in [5.74, 6) is 0.889. The summed E-state index contributed by atoms with van der Waals surface area (Å²) in [4.78, 5) is 0. The van der Waals surface area contributed by atoms with E-state index in [0.717, 1.165) is 32.1 Å². The molecule has 0 aliphatic heterocycles. The molecule has 0 amide bonds. The van der Waals surface area contributed by atoms with E-state index in [4.69, 9.17) is 0 Å². The molecule has 0 spiro atoms. The lowest BCUT2D eigenvalue weighted by Crippen LogP contribution is -2.25. The predicted molar refractivity (Wildman–Crippen MR) is 90.7 cm³/mol. The van der Waals surface area contributed by atoms with Crippen molar-refractivity contribution in [1.29, 1.82) is 5.26 Å². The molecule has 2 rings (SSSR count). The number of nitriles is 1. The van der Waals surface area contributed by atoms with Crippen LogP contribution in [0.5, 0.6) is 5.75 Å². The lowest BCUT2D eigenvalue weighted by Gasteiger charge is -2.35. The van der Waals surface area contributed by atoms with Crippen LogP contribution in [0.3, 0.4) is 0 Å². The molecule has 0 saturated heterocycles. The number of hydrogen-bond donors (Lipinski definition) is 1. The molecule has 1 aliphatic carbocycles. The fraction of sp³-hybridized carbons (Fsp3) is 0.650. The molecule has 0 unspecified atom stereocenters. The number of nitrogens with zero attached hydrogens (tertiary/aromatic N) is 1. The Labute approximate surface area is 135 Å². The van der Waals surface area contributed by atoms with Gasteiger partial charge in [-0.05, 0) is 55.7 Å². The molecule has 1 N–H and O–H groups in total. The van der Waals surface area contributed by atoms with Crippen LogP contribution in [-0.2, 0) is 0 Å². The Balaban J connectivity index is 1.83. The number of phenols is 1. The van der Waals surface area contributed by atoms with Gasteiger partial charge in [-0.1, -0.05) is 51.2 Å². The normalized spacial score (nSPS) is 24.8. The highest BCUT2D eigenvalue weighted by Crippen LogP contribution is 2.45. The summed E-state index contributed by atoms with van der Waals surface area (Å²) in [7, 11) is 0. The minimum absolute atomic E-state index is 0.0698. The molecule has 0 radical (unpaired) electrons. The average molecular weight is 299 g/mol. The van der Waals surface area contributed by atoms with Gasteiger partial charge in [0, 0.05) is 0 Å². The molecule has 2 heteroatoms. The van der Waals surface area contributed by atoms with Gasteiger partial charge in [0.15, 0.2) is 0 Å². The van der Waals surface area contributed by atoms with Gasteiger partial charge in [0.1, 0.15) is 5.75 Å². The Hall–Kier alpha value is -1.49. The number of phenolic OH excluding ortho intramolecular Hbond substituents is 1. The molecule has 0 heterocycles. The zero-order chi connectivity index (χ0) is 15.8. The quantitative estimate of drug-likeness (QED) is 0.635. The SMILES string of the molecule is CCCCCCCC1(C#N)CCC(c2ccc(O)cc2)CC1. The van der Waals surface area contributed by atoms with Crippen LogP contribution in [0.25, 0.3) is 0 Å². The average Bonchev–Trinajstić information content (AvgIpc) is 2.56. The van der Waals surface area contributed by atoms with Crippen LogP contribution < -0.4 is 0 Å². The summed E-state index contributed by atoms with van der Waals surface area (Å²) in [6.07, 6.45) is 11.7. The third-order valence-electron chi connectivity index (χ3n) is 5.30. The van der Waals surface area contributed by atoms with Crippen molar-refractivity contribution in [3.8, 4) is 11.8 Å². The van der Waals surface area contributed by atoms with Crippen molar-refractivity contribution >= 4 is 0 Å². The van der Waals surface area contributed by atoms with Crippen LogP contribution in [0.4, 0.5) is 0 Å². The lowest BCUT2D eigenvalue weighted by molar-refractivity contribution is 0.223. The van der Waals surface area contributed by atoms with Crippen LogP contribution in [0.2, 0.25) is 0 Å². The van der Waals surface area contributed by atoms with Crippen molar-refractivity contribution < 1.29 is 5.11 Å². The second kappa shape index (κ2) is 8.22. The topological polar surface area (TPSA) is 44.0 Å². The smallest absolute Gasteiger partial charge is 0.115 e. The number of aromatic hydroxyl groups is 1. The highest BCUT2D eigenvalue weighted by Gasteiger charge is 2.35. The molecule has 1 aromatic carbocycles. The van der Waals surface area contributed by atoms with Crippen LogP contribution in [-0.4, -0.2) is 5.11 Å². The van der Waals surface area contributed by atoms with Gasteiger partial charge in [-0.15, -0.1) is 0 Å². The van der Waals surface area contributed by atoms with Crippen LogP contribution in [0, 0.1) is 16.7 Å². The zero-order valence-electron chi connectivity index (χ0n) is 13.9. The van der Waals surface area contributed by atoms with Crippen molar-refractivity contribution in [3.05, 3.63) is 29.8 Å². The van der Waals surface area contributed by atoms with Crippen molar-refractivity contribution in [1.82, 2.24) is 0 Å². The van der Waals surface area contributed by atoms with Crippen molar-refractivity contribution in [2.45, 2.75) is 77.0 Å². The van der Waals surface area contributed by atoms with Gasteiger partial charge in [-0.25, -0.2) is 0 Å². The molecule has 2 nitrogen and oxygen atoms in total. The summed E-state index contributed by atoms with van der Waals surface area (Å²) in [6, 6.07) is 10.3. The minimum atomic E-state index is -0.0698. The largest absolute Gasteiger partial charge is 0.508 e. The van der Waals surface area contributed by atoms with Gasteiger partial charge in [-0.2, -0.15) is 5.26 Å². The second-order valence-electron chi connectivity index (χ2n) is 6.92. The number of hydrogen-bond acceptors (Lipinski definition) is 2. The molecule has 120 valence electrons. The first-order valence-electron chi connectivity index (χ1n) is 8.89. The molecular weight excluding hydrogens is 270 g/mol. The van der Waals surface area contributed by atoms with Crippen molar-refractivity contribution in [2.75, 3.05) is 0 Å². The predicted octanol–water partition coefficient (Wildman–Crippen LogP) is 5.92. The second-order valence-corrected chi connectivity index (χ2v) is 6.92. The van der Waals surface area contributed by atoms with Gasteiger partial charge in [0.05, 0.1) is 11.5 Å². The fourth-order valence-corrected chi connectivity index (χ4v) is 3.73. The summed E-state index contributed by atoms with van der Waals surface area (Å²) in [6.45, 7) is 2.24. The number of benzene rings is 1. The highest BCUT2D eigenvalue weighted by molar-refractivity contribution is 5.29. The van der Waals surface area contributed by atoms with Crippen LogP contribution >= 0.6 is 0 Å². The minimum Gasteiger partial charge on any atom is -0.508 e. The van der Waals surface area contributed by atoms with Gasteiger partial charge in [0.2, 0.25) is 0 Å². The maximum atomic E-state index is 9.65. The Morgan fingerprint density at radius 1 is 1.09 bits per heavy atom. The van der Waals surface area contributed by atoms with E-state index in [0.29, 0.717) is 11.7 Å². The molecule has 22 heavy (non-hydrogen) atoms. The highest BCUT2D eigenvalue weighted by atomic mass is 16.3. The third-order valence-corrected chi connectivity index (χ3v) is 5.30. The summed E-state index contributed by atoms with van der Waals surface area (Å²) >= 11 is 0. The number of rotatable bonds is 7. The van der Waals surface area contributed by atoms with Gasteiger partial charge < -0.3 is 5.11 Å². The van der Waals surface area contributed by atoms with E-state index in [1.54, 1.807) is 12.1 Å². The van der Waals surface area contributed by atoms with Crippen molar-refractivity contribution in [2.24, 2.45) is 5.41 Å². The Bertz CT molecular complexity index is 477. The fourth-order valence-electron chi connectivity index (χ4n) is 3.73. The molecule has 0 atom stereocenters. The molecule has 1 aromatic rings. The summed E-state index contributed by atoms with van der Waals surface area (Å²) < 4.78 is 0. The van der Waals surface area contributed by atoms with E-state index >= 15 is 0 Å². The molecule has 0 aromatic heterocycles. The Morgan fingerprint density at radius 2 is 1.73 bits per heavy atom. The molecule has 0 bridgehead atoms. The first kappa shape index (κ1) is 16.9. The van der Waals surface area contributed by atoms with E-state index in [9.17, 15) is 10.4 Å². The number of unbranched alkanes of at least 4 members (excludes halogenated alkanes) is 4. The van der Waals surface area contributed by atoms with E-state index in [-0.39, 0.29) is 5.41 Å². The third kappa shape index (κ3) is 4.50. The monoisotopic (exact) mass is 299 g/mol. The van der Waals surface area contributed by atoms with E-state index in [1.807, 2.05) is 12.1 Å². The summed E-state index contributed by atoms with van der Waals surface area (Å²) in [5.41, 5.74) is 1.24. The van der Waals surface area contributed by atoms with Gasteiger partial charge in [-0.3, -0.25) is 0 Å². The Morgan fingerprint density at radius 3 is 2.32 bits per heavy atom. The molecule has 1 saturated carbocycles. The Kier molecular flexibility index (Phi) is 6.31. The van der Waals surface area contributed by atoms with Crippen LogP contribution in [0.1, 0.15) is 82.6 Å². The molecular formula is C20H29NO. The lowest BCUT2D eigenvalue weighted by atomic mass is 9.67.